The summed E-state index contributed by atoms with van der Waals surface area (Å²) < 4.78 is 6.10. The fourth-order valence-electron chi connectivity index (χ4n) is 3.97. The van der Waals surface area contributed by atoms with Crippen molar-refractivity contribution in [3.63, 3.8) is 0 Å². The average molecular weight is 416 g/mol. The summed E-state index contributed by atoms with van der Waals surface area (Å²) >= 11 is 0. The Morgan fingerprint density at radius 2 is 1.97 bits per heavy atom. The Bertz CT molecular complexity index is 716. The number of amides is 1. The van der Waals surface area contributed by atoms with Gasteiger partial charge in [-0.1, -0.05) is 51.1 Å². The second-order valence-electron chi connectivity index (χ2n) is 9.08. The molecule has 2 atom stereocenters. The first-order valence-corrected chi connectivity index (χ1v) is 11.1. The van der Waals surface area contributed by atoms with Gasteiger partial charge in [0.15, 0.2) is 5.96 Å². The van der Waals surface area contributed by atoms with Gasteiger partial charge in [0.05, 0.1) is 25.3 Å². The van der Waals surface area contributed by atoms with E-state index in [-0.39, 0.29) is 17.4 Å². The van der Waals surface area contributed by atoms with Gasteiger partial charge in [-0.2, -0.15) is 0 Å². The number of fused-ring (bicyclic) bond motifs is 1. The summed E-state index contributed by atoms with van der Waals surface area (Å²) in [6.45, 7) is 14.2. The van der Waals surface area contributed by atoms with Gasteiger partial charge >= 0.3 is 0 Å². The second-order valence-corrected chi connectivity index (χ2v) is 9.08. The average Bonchev–Trinajstić information content (AvgIpc) is 3.15. The standard InChI is InChI=1S/C23H37N5O2/c1-5-24-22(26-12-11-25-21(29)23(2,3)4)28-16-19-20(17-28)30-14-13-27(19)15-18-9-7-6-8-10-18/h6-10,19-20H,5,11-17H2,1-4H3,(H,24,26)(H,25,29). The zero-order chi connectivity index (χ0) is 21.6. The number of carbonyl (C=O) groups is 1. The molecule has 2 fully saturated rings. The zero-order valence-electron chi connectivity index (χ0n) is 18.9. The van der Waals surface area contributed by atoms with Gasteiger partial charge in [0.2, 0.25) is 5.91 Å². The Morgan fingerprint density at radius 3 is 2.67 bits per heavy atom. The zero-order valence-corrected chi connectivity index (χ0v) is 18.9. The highest BCUT2D eigenvalue weighted by Crippen LogP contribution is 2.24. The third-order valence-electron chi connectivity index (χ3n) is 5.62. The van der Waals surface area contributed by atoms with Gasteiger partial charge in [-0.15, -0.1) is 0 Å². The van der Waals surface area contributed by atoms with Crippen LogP contribution in [-0.2, 0) is 16.1 Å². The minimum atomic E-state index is -0.377. The van der Waals surface area contributed by atoms with E-state index in [4.69, 9.17) is 9.73 Å². The summed E-state index contributed by atoms with van der Waals surface area (Å²) in [6.07, 6.45) is 0.201. The largest absolute Gasteiger partial charge is 0.373 e. The predicted molar refractivity (Wildman–Crippen MR) is 120 cm³/mol. The van der Waals surface area contributed by atoms with E-state index in [0.717, 1.165) is 45.3 Å². The summed E-state index contributed by atoms with van der Waals surface area (Å²) in [5.74, 6) is 0.958. The summed E-state index contributed by atoms with van der Waals surface area (Å²) in [6, 6.07) is 11.0. The van der Waals surface area contributed by atoms with Crippen LogP contribution >= 0.6 is 0 Å². The van der Waals surface area contributed by atoms with E-state index < -0.39 is 0 Å². The third-order valence-corrected chi connectivity index (χ3v) is 5.62. The Kier molecular flexibility index (Phi) is 7.72. The van der Waals surface area contributed by atoms with Crippen LogP contribution in [0.4, 0.5) is 0 Å². The lowest BCUT2D eigenvalue weighted by atomic mass is 9.96. The number of guanidine groups is 1. The van der Waals surface area contributed by atoms with Crippen molar-refractivity contribution in [1.29, 1.82) is 0 Å². The van der Waals surface area contributed by atoms with Gasteiger partial charge in [-0.3, -0.25) is 14.7 Å². The van der Waals surface area contributed by atoms with E-state index in [1.807, 2.05) is 20.8 Å². The van der Waals surface area contributed by atoms with Crippen molar-refractivity contribution in [3.8, 4) is 0 Å². The van der Waals surface area contributed by atoms with Gasteiger partial charge < -0.3 is 20.3 Å². The Balaban J connectivity index is 1.59. The molecule has 166 valence electrons. The highest BCUT2D eigenvalue weighted by molar-refractivity contribution is 5.82. The SMILES string of the molecule is CCNC(=NCCNC(=O)C(C)(C)C)N1CC2OCCN(Cc3ccccc3)C2C1. The number of likely N-dealkylation sites (tertiary alicyclic amines) is 1. The molecule has 2 heterocycles. The Labute approximate surface area is 180 Å². The first-order valence-electron chi connectivity index (χ1n) is 11.1. The molecule has 30 heavy (non-hydrogen) atoms. The molecular weight excluding hydrogens is 378 g/mol. The van der Waals surface area contributed by atoms with Crippen LogP contribution in [0.2, 0.25) is 0 Å². The lowest BCUT2D eigenvalue weighted by molar-refractivity contribution is -0.128. The summed E-state index contributed by atoms with van der Waals surface area (Å²) in [5.41, 5.74) is 0.963. The molecule has 7 nitrogen and oxygen atoms in total. The van der Waals surface area contributed by atoms with Crippen LogP contribution in [0.3, 0.4) is 0 Å². The molecule has 0 radical (unpaired) electrons. The lowest BCUT2D eigenvalue weighted by Crippen LogP contribution is -2.50. The molecule has 2 saturated heterocycles. The number of carbonyl (C=O) groups excluding carboxylic acids is 1. The number of hydrogen-bond acceptors (Lipinski definition) is 4. The van der Waals surface area contributed by atoms with Crippen LogP contribution < -0.4 is 10.6 Å². The number of rotatable bonds is 6. The van der Waals surface area contributed by atoms with Crippen molar-refractivity contribution in [2.45, 2.75) is 46.4 Å². The molecule has 7 heteroatoms. The Morgan fingerprint density at radius 1 is 1.20 bits per heavy atom. The normalized spacial score (nSPS) is 22.7. The van der Waals surface area contributed by atoms with Gasteiger partial charge in [0, 0.05) is 44.7 Å². The van der Waals surface area contributed by atoms with Crippen LogP contribution in [0.25, 0.3) is 0 Å². The molecule has 0 spiro atoms. The highest BCUT2D eigenvalue weighted by Gasteiger charge is 2.41. The summed E-state index contributed by atoms with van der Waals surface area (Å²) in [4.78, 5) is 21.6. The molecule has 0 bridgehead atoms. The van der Waals surface area contributed by atoms with E-state index in [2.05, 4.69) is 57.7 Å². The maximum absolute atomic E-state index is 12.0. The molecule has 1 amide bonds. The van der Waals surface area contributed by atoms with Crippen LogP contribution in [0, 0.1) is 5.41 Å². The van der Waals surface area contributed by atoms with Crippen molar-refractivity contribution >= 4 is 11.9 Å². The molecule has 2 aliphatic heterocycles. The monoisotopic (exact) mass is 415 g/mol. The minimum absolute atomic E-state index is 0.0554. The van der Waals surface area contributed by atoms with Gasteiger partial charge in [0.1, 0.15) is 0 Å². The number of morpholine rings is 1. The number of aliphatic imine (C=N–C) groups is 1. The number of hydrogen-bond donors (Lipinski definition) is 2. The molecule has 3 rings (SSSR count). The van der Waals surface area contributed by atoms with Crippen LogP contribution in [0.15, 0.2) is 35.3 Å². The molecule has 2 unspecified atom stereocenters. The van der Waals surface area contributed by atoms with E-state index in [1.54, 1.807) is 0 Å². The number of ether oxygens (including phenoxy) is 1. The van der Waals surface area contributed by atoms with Gasteiger partial charge in [-0.25, -0.2) is 0 Å². The molecule has 0 aliphatic carbocycles. The first-order chi connectivity index (χ1) is 14.4. The summed E-state index contributed by atoms with van der Waals surface area (Å²) in [7, 11) is 0. The molecule has 0 aromatic heterocycles. The van der Waals surface area contributed by atoms with Crippen molar-refractivity contribution < 1.29 is 9.53 Å². The maximum atomic E-state index is 12.0. The first kappa shape index (κ1) is 22.6. The minimum Gasteiger partial charge on any atom is -0.373 e. The van der Waals surface area contributed by atoms with E-state index >= 15 is 0 Å². The molecule has 1 aromatic carbocycles. The molecule has 2 aliphatic rings. The summed E-state index contributed by atoms with van der Waals surface area (Å²) in [5, 5.41) is 6.38. The second kappa shape index (κ2) is 10.3. The highest BCUT2D eigenvalue weighted by atomic mass is 16.5. The van der Waals surface area contributed by atoms with Gasteiger partial charge in [-0.05, 0) is 12.5 Å². The van der Waals surface area contributed by atoms with Crippen LogP contribution in [0.5, 0.6) is 0 Å². The fraction of sp³-hybridized carbons (Fsp3) is 0.652. The van der Waals surface area contributed by atoms with Crippen molar-refractivity contribution in [2.24, 2.45) is 10.4 Å². The molecule has 0 saturated carbocycles. The van der Waals surface area contributed by atoms with Crippen LogP contribution in [-0.4, -0.2) is 79.7 Å². The van der Waals surface area contributed by atoms with Crippen molar-refractivity contribution in [3.05, 3.63) is 35.9 Å². The van der Waals surface area contributed by atoms with Crippen LogP contribution in [0.1, 0.15) is 33.3 Å². The van der Waals surface area contributed by atoms with E-state index in [9.17, 15) is 4.79 Å². The maximum Gasteiger partial charge on any atom is 0.225 e. The smallest absolute Gasteiger partial charge is 0.225 e. The molecular formula is C23H37N5O2. The number of benzene rings is 1. The lowest BCUT2D eigenvalue weighted by Gasteiger charge is -2.36. The van der Waals surface area contributed by atoms with E-state index in [0.29, 0.717) is 19.1 Å². The topological polar surface area (TPSA) is 69.2 Å². The van der Waals surface area contributed by atoms with Gasteiger partial charge in [0.25, 0.3) is 0 Å². The predicted octanol–water partition coefficient (Wildman–Crippen LogP) is 1.70. The van der Waals surface area contributed by atoms with E-state index in [1.165, 1.54) is 5.56 Å². The molecule has 1 aromatic rings. The number of nitrogens with zero attached hydrogens (tertiary/aromatic N) is 3. The fourth-order valence-corrected chi connectivity index (χ4v) is 3.97. The quantitative estimate of drug-likeness (QED) is 0.421. The Hall–Kier alpha value is -2.12. The van der Waals surface area contributed by atoms with Crippen molar-refractivity contribution in [1.82, 2.24) is 20.4 Å². The number of nitrogens with one attached hydrogen (secondary N) is 2. The molecule has 2 N–H and O–H groups in total. The third kappa shape index (κ3) is 5.95. The van der Waals surface area contributed by atoms with Crippen molar-refractivity contribution in [2.75, 3.05) is 45.9 Å².